The zero-order valence-corrected chi connectivity index (χ0v) is 11.6. The number of rotatable bonds is 3. The number of benzene rings is 1. The van der Waals surface area contributed by atoms with Gasteiger partial charge in [0, 0.05) is 11.9 Å². The fourth-order valence-corrected chi connectivity index (χ4v) is 2.58. The number of aromatic amines is 1. The van der Waals surface area contributed by atoms with E-state index in [2.05, 4.69) is 41.2 Å². The summed E-state index contributed by atoms with van der Waals surface area (Å²) in [5.41, 5.74) is 4.24. The van der Waals surface area contributed by atoms with E-state index in [1.807, 2.05) is 16.7 Å². The third-order valence-electron chi connectivity index (χ3n) is 3.18. The second kappa shape index (κ2) is 4.97. The van der Waals surface area contributed by atoms with Crippen molar-refractivity contribution in [3.05, 3.63) is 52.9 Å². The van der Waals surface area contributed by atoms with Crippen molar-refractivity contribution < 1.29 is 0 Å². The van der Waals surface area contributed by atoms with E-state index < -0.39 is 0 Å². The molecule has 0 aliphatic heterocycles. The van der Waals surface area contributed by atoms with Crippen LogP contribution < -0.4 is 0 Å². The molecule has 0 saturated carbocycles. The number of hydrogen-bond acceptors (Lipinski definition) is 2. The quantitative estimate of drug-likeness (QED) is 0.728. The molecule has 0 amide bonds. The minimum atomic E-state index is 0.678. The fourth-order valence-electron chi connectivity index (χ4n) is 2.28. The summed E-state index contributed by atoms with van der Waals surface area (Å²) < 4.78 is 2.65. The molecule has 19 heavy (non-hydrogen) atoms. The standard InChI is InChI=1S/C15H15N3S/c1-2-4-11-6-8-12(9-7-11)18-14-13(17-15(18)19)5-3-10-16-14/h3,5-10H,2,4H2,1H3,(H,17,19). The van der Waals surface area contributed by atoms with Crippen molar-refractivity contribution in [1.82, 2.24) is 14.5 Å². The Labute approximate surface area is 116 Å². The van der Waals surface area contributed by atoms with Gasteiger partial charge in [-0.05, 0) is 48.5 Å². The van der Waals surface area contributed by atoms with Gasteiger partial charge in [-0.3, -0.25) is 4.57 Å². The lowest BCUT2D eigenvalue weighted by Gasteiger charge is -2.05. The first kappa shape index (κ1) is 12.1. The average Bonchev–Trinajstić information content (AvgIpc) is 2.76. The van der Waals surface area contributed by atoms with Crippen molar-refractivity contribution in [3.63, 3.8) is 0 Å². The maximum Gasteiger partial charge on any atom is 0.183 e. The Hall–Kier alpha value is -1.94. The summed E-state index contributed by atoms with van der Waals surface area (Å²) in [7, 11) is 0. The fraction of sp³-hybridized carbons (Fsp3) is 0.200. The Balaban J connectivity index is 2.13. The minimum Gasteiger partial charge on any atom is -0.329 e. The van der Waals surface area contributed by atoms with Crippen LogP contribution >= 0.6 is 12.2 Å². The largest absolute Gasteiger partial charge is 0.329 e. The molecular formula is C15H15N3S. The van der Waals surface area contributed by atoms with Gasteiger partial charge in [-0.2, -0.15) is 0 Å². The number of H-pyrrole nitrogens is 1. The van der Waals surface area contributed by atoms with Crippen LogP contribution in [0.5, 0.6) is 0 Å². The van der Waals surface area contributed by atoms with Gasteiger partial charge in [-0.15, -0.1) is 0 Å². The lowest BCUT2D eigenvalue weighted by atomic mass is 10.1. The second-order valence-corrected chi connectivity index (χ2v) is 4.94. The molecule has 96 valence electrons. The number of nitrogens with zero attached hydrogens (tertiary/aromatic N) is 2. The molecule has 0 radical (unpaired) electrons. The molecule has 2 heterocycles. The lowest BCUT2D eigenvalue weighted by Crippen LogP contribution is -1.95. The molecule has 1 aromatic carbocycles. The molecule has 3 aromatic rings. The number of fused-ring (bicyclic) bond motifs is 1. The highest BCUT2D eigenvalue weighted by Gasteiger charge is 2.06. The summed E-state index contributed by atoms with van der Waals surface area (Å²) in [6.45, 7) is 2.19. The van der Waals surface area contributed by atoms with Crippen LogP contribution in [0.25, 0.3) is 16.9 Å². The van der Waals surface area contributed by atoms with E-state index in [4.69, 9.17) is 12.2 Å². The van der Waals surface area contributed by atoms with Gasteiger partial charge in [0.05, 0.1) is 5.52 Å². The molecule has 0 aliphatic carbocycles. The molecule has 0 saturated heterocycles. The van der Waals surface area contributed by atoms with E-state index >= 15 is 0 Å². The van der Waals surface area contributed by atoms with Crippen LogP contribution in [-0.4, -0.2) is 14.5 Å². The molecule has 4 heteroatoms. The zero-order chi connectivity index (χ0) is 13.2. The number of hydrogen-bond donors (Lipinski definition) is 1. The van der Waals surface area contributed by atoms with E-state index in [0.29, 0.717) is 4.77 Å². The van der Waals surface area contributed by atoms with Gasteiger partial charge < -0.3 is 4.98 Å². The SMILES string of the molecule is CCCc1ccc(-n2c(=S)[nH]c3cccnc32)cc1. The van der Waals surface area contributed by atoms with Crippen LogP contribution in [0.3, 0.4) is 0 Å². The normalized spacial score (nSPS) is 11.0. The van der Waals surface area contributed by atoms with Crippen molar-refractivity contribution in [2.24, 2.45) is 0 Å². The number of nitrogens with one attached hydrogen (secondary N) is 1. The van der Waals surface area contributed by atoms with E-state index in [-0.39, 0.29) is 0 Å². The maximum atomic E-state index is 5.39. The van der Waals surface area contributed by atoms with Crippen LogP contribution in [0.2, 0.25) is 0 Å². The highest BCUT2D eigenvalue weighted by Crippen LogP contribution is 2.18. The predicted octanol–water partition coefficient (Wildman–Crippen LogP) is 4.04. The molecule has 0 atom stereocenters. The molecule has 1 N–H and O–H groups in total. The van der Waals surface area contributed by atoms with Gasteiger partial charge in [-0.1, -0.05) is 25.5 Å². The third kappa shape index (κ3) is 2.19. The molecule has 3 rings (SSSR count). The first-order chi connectivity index (χ1) is 9.29. The first-order valence-electron chi connectivity index (χ1n) is 6.44. The molecule has 0 unspecified atom stereocenters. The van der Waals surface area contributed by atoms with Crippen LogP contribution in [0, 0.1) is 4.77 Å². The number of aromatic nitrogens is 3. The van der Waals surface area contributed by atoms with Crippen LogP contribution in [-0.2, 0) is 6.42 Å². The van der Waals surface area contributed by atoms with Gasteiger partial charge in [0.25, 0.3) is 0 Å². The summed E-state index contributed by atoms with van der Waals surface area (Å²) in [6, 6.07) is 12.4. The average molecular weight is 269 g/mol. The molecule has 0 fully saturated rings. The number of pyridine rings is 1. The predicted molar refractivity (Wildman–Crippen MR) is 80.2 cm³/mol. The van der Waals surface area contributed by atoms with Crippen molar-refractivity contribution in [2.45, 2.75) is 19.8 Å². The summed E-state index contributed by atoms with van der Waals surface area (Å²) >= 11 is 5.39. The zero-order valence-electron chi connectivity index (χ0n) is 10.8. The Bertz CT molecular complexity index is 753. The second-order valence-electron chi connectivity index (χ2n) is 4.56. The first-order valence-corrected chi connectivity index (χ1v) is 6.85. The van der Waals surface area contributed by atoms with Gasteiger partial charge in [0.2, 0.25) is 0 Å². The van der Waals surface area contributed by atoms with Gasteiger partial charge >= 0.3 is 0 Å². The molecule has 0 bridgehead atoms. The van der Waals surface area contributed by atoms with Gasteiger partial charge in [0.15, 0.2) is 10.4 Å². The van der Waals surface area contributed by atoms with E-state index in [1.54, 1.807) is 6.20 Å². The van der Waals surface area contributed by atoms with Crippen LogP contribution in [0.15, 0.2) is 42.6 Å². The number of imidazole rings is 1. The molecule has 2 aromatic heterocycles. The summed E-state index contributed by atoms with van der Waals surface area (Å²) in [5, 5.41) is 0. The Morgan fingerprint density at radius 2 is 2.00 bits per heavy atom. The van der Waals surface area contributed by atoms with E-state index in [0.717, 1.165) is 29.7 Å². The molecular weight excluding hydrogens is 254 g/mol. The maximum absolute atomic E-state index is 5.39. The van der Waals surface area contributed by atoms with Gasteiger partial charge in [-0.25, -0.2) is 4.98 Å². The molecule has 0 spiro atoms. The smallest absolute Gasteiger partial charge is 0.183 e. The third-order valence-corrected chi connectivity index (χ3v) is 3.46. The van der Waals surface area contributed by atoms with E-state index in [1.165, 1.54) is 5.56 Å². The summed E-state index contributed by atoms with van der Waals surface area (Å²) in [5.74, 6) is 0. The lowest BCUT2D eigenvalue weighted by molar-refractivity contribution is 0.919. The van der Waals surface area contributed by atoms with E-state index in [9.17, 15) is 0 Å². The van der Waals surface area contributed by atoms with Crippen molar-refractivity contribution in [3.8, 4) is 5.69 Å². The molecule has 3 nitrogen and oxygen atoms in total. The minimum absolute atomic E-state index is 0.678. The Morgan fingerprint density at radius 3 is 2.74 bits per heavy atom. The van der Waals surface area contributed by atoms with Crippen LogP contribution in [0.4, 0.5) is 0 Å². The summed E-state index contributed by atoms with van der Waals surface area (Å²) in [6.07, 6.45) is 4.05. The Kier molecular flexibility index (Phi) is 3.17. The number of aryl methyl sites for hydroxylation is 1. The monoisotopic (exact) mass is 269 g/mol. The summed E-state index contributed by atoms with van der Waals surface area (Å²) in [4.78, 5) is 7.58. The molecule has 0 aliphatic rings. The van der Waals surface area contributed by atoms with Gasteiger partial charge in [0.1, 0.15) is 0 Å². The van der Waals surface area contributed by atoms with Crippen molar-refractivity contribution >= 4 is 23.4 Å². The van der Waals surface area contributed by atoms with Crippen molar-refractivity contribution in [2.75, 3.05) is 0 Å². The topological polar surface area (TPSA) is 33.6 Å². The Morgan fingerprint density at radius 1 is 1.21 bits per heavy atom. The highest BCUT2D eigenvalue weighted by molar-refractivity contribution is 7.71. The highest BCUT2D eigenvalue weighted by atomic mass is 32.1. The van der Waals surface area contributed by atoms with Crippen molar-refractivity contribution in [1.29, 1.82) is 0 Å². The van der Waals surface area contributed by atoms with Crippen LogP contribution in [0.1, 0.15) is 18.9 Å².